The highest BCUT2D eigenvalue weighted by Gasteiger charge is 2.38. The average molecular weight is 296 g/mol. The molecule has 2 atom stereocenters. The molecule has 1 aromatic carbocycles. The summed E-state index contributed by atoms with van der Waals surface area (Å²) >= 11 is 6.65. The van der Waals surface area contributed by atoms with E-state index in [0.29, 0.717) is 10.5 Å². The molecule has 0 spiro atoms. The zero-order valence-corrected chi connectivity index (χ0v) is 12.0. The molecule has 1 aromatic heterocycles. The van der Waals surface area contributed by atoms with Gasteiger partial charge in [0.25, 0.3) is 4.06 Å². The molecule has 0 bridgehead atoms. The Balaban J connectivity index is 1.81. The number of fused-ring (bicyclic) bond motifs is 4. The van der Waals surface area contributed by atoms with Gasteiger partial charge >= 0.3 is 0 Å². The van der Waals surface area contributed by atoms with Crippen molar-refractivity contribution in [1.29, 1.82) is 0 Å². The second kappa shape index (κ2) is 3.88. The Bertz CT molecular complexity index is 642. The lowest BCUT2D eigenvalue weighted by Gasteiger charge is -2.23. The van der Waals surface area contributed by atoms with Gasteiger partial charge in [-0.15, -0.1) is 23.5 Å². The van der Waals surface area contributed by atoms with Gasteiger partial charge in [-0.25, -0.2) is 0 Å². The molecule has 1 aliphatic heterocycles. The molecule has 5 heteroatoms. The molecule has 86 valence electrons. The van der Waals surface area contributed by atoms with Crippen LogP contribution in [-0.4, -0.2) is 5.25 Å². The summed E-state index contributed by atoms with van der Waals surface area (Å²) in [6, 6.07) is 8.73. The van der Waals surface area contributed by atoms with Gasteiger partial charge in [0.2, 0.25) is 0 Å². The van der Waals surface area contributed by atoms with Crippen LogP contribution in [0, 0.1) is 0 Å². The van der Waals surface area contributed by atoms with E-state index in [1.807, 2.05) is 23.5 Å². The number of thioether (sulfide) groups is 2. The first-order valence-corrected chi connectivity index (χ1v) is 8.75. The van der Waals surface area contributed by atoms with Crippen LogP contribution in [-0.2, 0) is 6.42 Å². The van der Waals surface area contributed by atoms with Crippen LogP contribution >= 0.6 is 46.2 Å². The molecule has 0 saturated heterocycles. The molecule has 4 rings (SSSR count). The molecule has 17 heavy (non-hydrogen) atoms. The Labute approximate surface area is 115 Å². The van der Waals surface area contributed by atoms with Crippen LogP contribution in [0.25, 0.3) is 0 Å². The van der Waals surface area contributed by atoms with Crippen molar-refractivity contribution in [1.82, 2.24) is 0 Å². The Morgan fingerprint density at radius 1 is 1.06 bits per heavy atom. The number of benzene rings is 1. The molecule has 0 unspecified atom stereocenters. The van der Waals surface area contributed by atoms with E-state index in [4.69, 9.17) is 0 Å². The average Bonchev–Trinajstić information content (AvgIpc) is 2.84. The summed E-state index contributed by atoms with van der Waals surface area (Å²) in [5.41, 5.74) is 2.97. The van der Waals surface area contributed by atoms with E-state index in [2.05, 4.69) is 24.3 Å². The van der Waals surface area contributed by atoms with Gasteiger partial charge < -0.3 is 0 Å². The summed E-state index contributed by atoms with van der Waals surface area (Å²) in [5, 5.41) is 1.17. The van der Waals surface area contributed by atoms with Gasteiger partial charge in [-0.3, -0.25) is 4.79 Å². The molecule has 2 aliphatic rings. The van der Waals surface area contributed by atoms with Crippen LogP contribution in [0.2, 0.25) is 0 Å². The summed E-state index contributed by atoms with van der Waals surface area (Å²) in [4.78, 5) is 11.4. The van der Waals surface area contributed by atoms with Crippen LogP contribution in [0.4, 0.5) is 0 Å². The Morgan fingerprint density at radius 2 is 1.82 bits per heavy atom. The van der Waals surface area contributed by atoms with Crippen molar-refractivity contribution in [3.05, 3.63) is 44.2 Å². The third-order valence-corrected chi connectivity index (χ3v) is 8.92. The smallest absolute Gasteiger partial charge is 0.265 e. The molecule has 1 nitrogen and oxygen atoms in total. The topological polar surface area (TPSA) is 17.1 Å². The van der Waals surface area contributed by atoms with E-state index in [0.717, 1.165) is 6.42 Å². The minimum Gasteiger partial charge on any atom is -0.265 e. The van der Waals surface area contributed by atoms with Gasteiger partial charge in [0.15, 0.2) is 0 Å². The fourth-order valence-electron chi connectivity index (χ4n) is 2.42. The van der Waals surface area contributed by atoms with Crippen molar-refractivity contribution in [2.75, 3.05) is 0 Å². The van der Waals surface area contributed by atoms with E-state index < -0.39 is 0 Å². The van der Waals surface area contributed by atoms with Gasteiger partial charge in [0, 0.05) is 10.5 Å². The monoisotopic (exact) mass is 296 g/mol. The van der Waals surface area contributed by atoms with E-state index in [1.165, 1.54) is 42.2 Å². The van der Waals surface area contributed by atoms with Crippen LogP contribution in [0.1, 0.15) is 16.4 Å². The van der Waals surface area contributed by atoms with Gasteiger partial charge in [0.1, 0.15) is 0 Å². The fourth-order valence-corrected chi connectivity index (χ4v) is 8.64. The highest BCUT2D eigenvalue weighted by atomic mass is 32.2. The van der Waals surface area contributed by atoms with Gasteiger partial charge in [-0.2, -0.15) is 0 Å². The lowest BCUT2D eigenvalue weighted by Crippen LogP contribution is -2.09. The van der Waals surface area contributed by atoms with Crippen molar-refractivity contribution in [3.63, 3.8) is 0 Å². The summed E-state index contributed by atoms with van der Waals surface area (Å²) in [6.07, 6.45) is 1.15. The van der Waals surface area contributed by atoms with Gasteiger partial charge in [0.05, 0.1) is 8.42 Å². The minimum absolute atomic E-state index is 0.239. The Morgan fingerprint density at radius 3 is 2.71 bits per heavy atom. The van der Waals surface area contributed by atoms with Crippen molar-refractivity contribution in [2.24, 2.45) is 0 Å². The first-order valence-electron chi connectivity index (χ1n) is 5.36. The predicted octanol–water partition coefficient (Wildman–Crippen LogP) is 4.03. The fraction of sp³-hybridized carbons (Fsp3) is 0.250. The summed E-state index contributed by atoms with van der Waals surface area (Å²) in [7, 11) is 0. The molecule has 0 fully saturated rings. The first kappa shape index (κ1) is 10.7. The van der Waals surface area contributed by atoms with E-state index in [9.17, 15) is 4.79 Å². The largest absolute Gasteiger partial charge is 0.289 e. The summed E-state index contributed by atoms with van der Waals surface area (Å²) in [5.74, 6) is 0. The first-order chi connectivity index (χ1) is 8.31. The Kier molecular flexibility index (Phi) is 2.44. The number of hydrogen-bond donors (Lipinski definition) is 0. The zero-order chi connectivity index (χ0) is 11.4. The van der Waals surface area contributed by atoms with Crippen molar-refractivity contribution < 1.29 is 0 Å². The molecule has 1 aliphatic carbocycles. The van der Waals surface area contributed by atoms with Crippen LogP contribution in [0.15, 0.2) is 37.5 Å². The molecular formula is C12H8OS4. The second-order valence-corrected chi connectivity index (χ2v) is 9.27. The maximum atomic E-state index is 11.4. The molecule has 0 radical (unpaired) electrons. The quantitative estimate of drug-likeness (QED) is 0.730. The van der Waals surface area contributed by atoms with E-state index in [1.54, 1.807) is 0 Å². The molecule has 0 saturated carbocycles. The molecule has 0 N–H and O–H groups in total. The number of rotatable bonds is 0. The lowest BCUT2D eigenvalue weighted by molar-refractivity contribution is 0.906. The maximum Gasteiger partial charge on any atom is 0.289 e. The van der Waals surface area contributed by atoms with Crippen molar-refractivity contribution >= 4 is 46.2 Å². The van der Waals surface area contributed by atoms with Gasteiger partial charge in [-0.05, 0) is 17.5 Å². The standard InChI is InChI=1S/C12H8OS4/c13-12-16-10-11(17-12)15-9-7-4-2-1-3-6(7)5-8(9)14-10/h1-4,8-9H,5H2/t8-,9+/m0/s1. The Hall–Kier alpha value is -0.230. The molecular weight excluding hydrogens is 288 g/mol. The minimum atomic E-state index is 0.239. The lowest BCUT2D eigenvalue weighted by atomic mass is 10.1. The highest BCUT2D eigenvalue weighted by Crippen LogP contribution is 2.58. The van der Waals surface area contributed by atoms with E-state index >= 15 is 0 Å². The maximum absolute atomic E-state index is 11.4. The van der Waals surface area contributed by atoms with Crippen LogP contribution in [0.5, 0.6) is 0 Å². The van der Waals surface area contributed by atoms with Gasteiger partial charge in [-0.1, -0.05) is 46.9 Å². The van der Waals surface area contributed by atoms with E-state index in [-0.39, 0.29) is 4.06 Å². The molecule has 2 aromatic rings. The molecule has 2 heterocycles. The normalized spacial score (nSPS) is 25.2. The molecule has 0 amide bonds. The van der Waals surface area contributed by atoms with Crippen molar-refractivity contribution in [3.8, 4) is 0 Å². The summed E-state index contributed by atoms with van der Waals surface area (Å²) in [6.45, 7) is 0. The van der Waals surface area contributed by atoms with Crippen molar-refractivity contribution in [2.45, 2.75) is 25.3 Å². The summed E-state index contributed by atoms with van der Waals surface area (Å²) < 4.78 is 2.73. The second-order valence-electron chi connectivity index (χ2n) is 4.13. The third-order valence-electron chi connectivity index (χ3n) is 3.13. The van der Waals surface area contributed by atoms with Crippen LogP contribution < -0.4 is 4.06 Å². The SMILES string of the molecule is O=c1sc2c(s1)S[C@@H]1c3ccccc3C[C@@H]1S2. The highest BCUT2D eigenvalue weighted by molar-refractivity contribution is 8.08. The zero-order valence-electron chi connectivity index (χ0n) is 8.71. The third kappa shape index (κ3) is 1.63. The number of hydrogen-bond acceptors (Lipinski definition) is 5. The predicted molar refractivity (Wildman–Crippen MR) is 76.9 cm³/mol. The van der Waals surface area contributed by atoms with Crippen LogP contribution in [0.3, 0.4) is 0 Å².